The molecule has 216 valence electrons. The van der Waals surface area contributed by atoms with Gasteiger partial charge in [0.05, 0.1) is 31.8 Å². The number of rotatable bonds is 12. The number of likely N-dealkylation sites (tertiary alicyclic amines) is 1. The van der Waals surface area contributed by atoms with Gasteiger partial charge in [-0.1, -0.05) is 0 Å². The van der Waals surface area contributed by atoms with E-state index in [0.717, 1.165) is 12.1 Å². The normalized spacial score (nSPS) is 16.1. The summed E-state index contributed by atoms with van der Waals surface area (Å²) in [4.78, 5) is 18.2. The summed E-state index contributed by atoms with van der Waals surface area (Å²) in [5, 5.41) is 31.5. The molecule has 0 saturated carbocycles. The van der Waals surface area contributed by atoms with Crippen molar-refractivity contribution < 1.29 is 42.8 Å². The Labute approximate surface area is 230 Å². The smallest absolute Gasteiger partial charge is 0.303 e. The zero-order chi connectivity index (χ0) is 28.9. The number of carboxylic acids is 1. The van der Waals surface area contributed by atoms with E-state index in [1.165, 1.54) is 13.3 Å². The first-order valence-electron chi connectivity index (χ1n) is 13.1. The van der Waals surface area contributed by atoms with Crippen LogP contribution in [0.4, 0.5) is 13.2 Å². The molecule has 0 amide bonds. The lowest BCUT2D eigenvalue weighted by Gasteiger charge is -2.41. The summed E-state index contributed by atoms with van der Waals surface area (Å²) in [5.41, 5.74) is 1.16. The van der Waals surface area contributed by atoms with Gasteiger partial charge in [0.25, 0.3) is 0 Å². The van der Waals surface area contributed by atoms with Crippen LogP contribution >= 0.6 is 0 Å². The molecule has 40 heavy (non-hydrogen) atoms. The molecule has 1 aliphatic rings. The third-order valence-corrected chi connectivity index (χ3v) is 7.73. The number of nitrogens with zero attached hydrogens (tertiary/aromatic N) is 2. The van der Waals surface area contributed by atoms with Gasteiger partial charge in [-0.15, -0.1) is 0 Å². The fourth-order valence-electron chi connectivity index (χ4n) is 5.46. The third-order valence-electron chi connectivity index (χ3n) is 7.73. The Morgan fingerprint density at radius 3 is 2.45 bits per heavy atom. The average molecular weight is 563 g/mol. The molecule has 0 spiro atoms. The number of halogens is 3. The van der Waals surface area contributed by atoms with E-state index >= 15 is 0 Å². The second-order valence-corrected chi connectivity index (χ2v) is 10.3. The molecule has 11 heteroatoms. The highest BCUT2D eigenvalue weighted by molar-refractivity contribution is 5.85. The lowest BCUT2D eigenvalue weighted by molar-refractivity contribution is -0.141. The van der Waals surface area contributed by atoms with Gasteiger partial charge < -0.3 is 24.8 Å². The van der Waals surface area contributed by atoms with Crippen LogP contribution in [0, 0.1) is 22.9 Å². The van der Waals surface area contributed by atoms with E-state index in [0.29, 0.717) is 73.1 Å². The first-order valence-corrected chi connectivity index (χ1v) is 13.1. The molecule has 0 unspecified atom stereocenters. The number of aliphatic carboxylic acids is 1. The summed E-state index contributed by atoms with van der Waals surface area (Å²) in [6.45, 7) is 1.42. The fraction of sp³-hybridized carbons (Fsp3) is 0.448. The standard InChI is InChI=1S/C29H33F3N2O6/c1-39-19-2-3-24-21(12-19)27(18(17-35)16-33-24)25(36)4-5-29(15-26(37)38)6-8-34(9-7-29)10-11-40-20-13-22(30)28(32)23(31)14-20/h2-3,12-14,16,25,35-36H,4-11,15,17H2,1H3,(H,37,38)/t25-/m1/s1. The highest BCUT2D eigenvalue weighted by Crippen LogP contribution is 2.42. The largest absolute Gasteiger partial charge is 0.497 e. The van der Waals surface area contributed by atoms with Crippen molar-refractivity contribution in [1.82, 2.24) is 9.88 Å². The van der Waals surface area contributed by atoms with Crippen molar-refractivity contribution in [2.24, 2.45) is 5.41 Å². The highest BCUT2D eigenvalue weighted by atomic mass is 19.2. The van der Waals surface area contributed by atoms with Gasteiger partial charge in [-0.2, -0.15) is 0 Å². The number of benzene rings is 2. The minimum Gasteiger partial charge on any atom is -0.497 e. The quantitative estimate of drug-likeness (QED) is 0.275. The molecular formula is C29H33F3N2O6. The Hall–Kier alpha value is -3.41. The van der Waals surface area contributed by atoms with Crippen LogP contribution in [-0.4, -0.2) is 64.5 Å². The molecule has 4 rings (SSSR count). The number of fused-ring (bicyclic) bond motifs is 1. The Bertz CT molecular complexity index is 1320. The van der Waals surface area contributed by atoms with Crippen molar-refractivity contribution >= 4 is 16.9 Å². The molecule has 1 saturated heterocycles. The minimum absolute atomic E-state index is 0.0457. The van der Waals surface area contributed by atoms with Gasteiger partial charge >= 0.3 is 5.97 Å². The van der Waals surface area contributed by atoms with Gasteiger partial charge in [-0.3, -0.25) is 14.7 Å². The van der Waals surface area contributed by atoms with Crippen molar-refractivity contribution in [2.45, 2.75) is 44.8 Å². The Morgan fingerprint density at radius 1 is 1.12 bits per heavy atom. The summed E-state index contributed by atoms with van der Waals surface area (Å²) < 4.78 is 50.7. The zero-order valence-electron chi connectivity index (χ0n) is 22.2. The average Bonchev–Trinajstić information content (AvgIpc) is 2.94. The second-order valence-electron chi connectivity index (χ2n) is 10.3. The summed E-state index contributed by atoms with van der Waals surface area (Å²) in [5.74, 6) is -4.62. The van der Waals surface area contributed by atoms with Gasteiger partial charge in [0, 0.05) is 35.8 Å². The van der Waals surface area contributed by atoms with Crippen molar-refractivity contribution in [2.75, 3.05) is 33.4 Å². The topological polar surface area (TPSA) is 112 Å². The number of piperidine rings is 1. The maximum absolute atomic E-state index is 13.4. The molecule has 2 aromatic carbocycles. The number of pyridine rings is 1. The lowest BCUT2D eigenvalue weighted by Crippen LogP contribution is -2.42. The number of hydrogen-bond donors (Lipinski definition) is 3. The molecule has 8 nitrogen and oxygen atoms in total. The van der Waals surface area contributed by atoms with E-state index in [-0.39, 0.29) is 25.4 Å². The van der Waals surface area contributed by atoms with Crippen LogP contribution in [-0.2, 0) is 11.4 Å². The number of methoxy groups -OCH3 is 1. The Kier molecular flexibility index (Phi) is 9.49. The van der Waals surface area contributed by atoms with Crippen molar-refractivity contribution in [1.29, 1.82) is 0 Å². The first kappa shape index (κ1) is 29.6. The van der Waals surface area contributed by atoms with E-state index < -0.39 is 34.9 Å². The van der Waals surface area contributed by atoms with E-state index in [1.54, 1.807) is 18.2 Å². The summed E-state index contributed by atoms with van der Waals surface area (Å²) in [6.07, 6.45) is 2.44. The predicted octanol–water partition coefficient (Wildman–Crippen LogP) is 4.60. The predicted molar refractivity (Wildman–Crippen MR) is 141 cm³/mol. The molecule has 1 atom stereocenters. The Morgan fingerprint density at radius 2 is 1.82 bits per heavy atom. The maximum Gasteiger partial charge on any atom is 0.303 e. The van der Waals surface area contributed by atoms with E-state index in [2.05, 4.69) is 9.88 Å². The first-order chi connectivity index (χ1) is 19.1. The maximum atomic E-state index is 13.4. The lowest BCUT2D eigenvalue weighted by atomic mass is 9.71. The van der Waals surface area contributed by atoms with Gasteiger partial charge in [0.1, 0.15) is 18.1 Å². The van der Waals surface area contributed by atoms with Crippen LogP contribution < -0.4 is 9.47 Å². The third kappa shape index (κ3) is 6.83. The molecule has 0 aliphatic carbocycles. The summed E-state index contributed by atoms with van der Waals surface area (Å²) in [6, 6.07) is 6.90. The van der Waals surface area contributed by atoms with Crippen LogP contribution in [0.15, 0.2) is 36.5 Å². The van der Waals surface area contributed by atoms with Crippen LogP contribution in [0.1, 0.15) is 49.3 Å². The van der Waals surface area contributed by atoms with Gasteiger partial charge in [-0.05, 0) is 68.0 Å². The number of carboxylic acid groups (broad SMARTS) is 1. The summed E-state index contributed by atoms with van der Waals surface area (Å²) >= 11 is 0. The molecule has 1 aromatic heterocycles. The van der Waals surface area contributed by atoms with E-state index in [1.807, 2.05) is 0 Å². The monoisotopic (exact) mass is 562 g/mol. The zero-order valence-corrected chi connectivity index (χ0v) is 22.2. The molecular weight excluding hydrogens is 529 g/mol. The van der Waals surface area contributed by atoms with Gasteiger partial charge in [0.2, 0.25) is 0 Å². The number of hydrogen-bond acceptors (Lipinski definition) is 7. The molecule has 1 aliphatic heterocycles. The van der Waals surface area contributed by atoms with Gasteiger partial charge in [-0.25, -0.2) is 13.2 Å². The second kappa shape index (κ2) is 12.8. The molecule has 0 radical (unpaired) electrons. The van der Waals surface area contributed by atoms with Crippen molar-refractivity contribution in [3.63, 3.8) is 0 Å². The number of carbonyl (C=O) groups is 1. The van der Waals surface area contributed by atoms with Crippen molar-refractivity contribution in [3.05, 3.63) is 65.1 Å². The number of aliphatic hydroxyl groups is 2. The molecule has 3 N–H and O–H groups in total. The van der Waals surface area contributed by atoms with Gasteiger partial charge in [0.15, 0.2) is 17.5 Å². The van der Waals surface area contributed by atoms with Crippen LogP contribution in [0.2, 0.25) is 0 Å². The van der Waals surface area contributed by atoms with Crippen LogP contribution in [0.3, 0.4) is 0 Å². The number of aliphatic hydroxyl groups excluding tert-OH is 2. The number of ether oxygens (including phenoxy) is 2. The highest BCUT2D eigenvalue weighted by Gasteiger charge is 2.37. The summed E-state index contributed by atoms with van der Waals surface area (Å²) in [7, 11) is 1.54. The van der Waals surface area contributed by atoms with E-state index in [4.69, 9.17) is 9.47 Å². The molecule has 1 fully saturated rings. The SMILES string of the molecule is COc1ccc2ncc(CO)c([C@H](O)CCC3(CC(=O)O)CCN(CCOc4cc(F)c(F)c(F)c4)CC3)c2c1. The minimum atomic E-state index is -1.55. The van der Waals surface area contributed by atoms with Crippen LogP contribution in [0.5, 0.6) is 11.5 Å². The number of aromatic nitrogens is 1. The molecule has 2 heterocycles. The molecule has 0 bridgehead atoms. The molecule has 3 aromatic rings. The van der Waals surface area contributed by atoms with Crippen molar-refractivity contribution in [3.8, 4) is 11.5 Å². The Balaban J connectivity index is 1.40. The fourth-order valence-corrected chi connectivity index (χ4v) is 5.46. The van der Waals surface area contributed by atoms with E-state index in [9.17, 15) is 33.3 Å². The van der Waals surface area contributed by atoms with Crippen LogP contribution in [0.25, 0.3) is 10.9 Å².